The molecule has 0 saturated carbocycles. The van der Waals surface area contributed by atoms with Crippen molar-refractivity contribution in [3.05, 3.63) is 95.5 Å². The van der Waals surface area contributed by atoms with Gasteiger partial charge in [-0.2, -0.15) is 0 Å². The number of aryl methyl sites for hydroxylation is 1. The van der Waals surface area contributed by atoms with E-state index in [0.717, 1.165) is 5.56 Å². The monoisotopic (exact) mass is 388 g/mol. The molecule has 29 heavy (non-hydrogen) atoms. The zero-order valence-corrected chi connectivity index (χ0v) is 15.5. The molecule has 0 aliphatic heterocycles. The van der Waals surface area contributed by atoms with Crippen molar-refractivity contribution in [2.45, 2.75) is 6.92 Å². The minimum absolute atomic E-state index is 0.0221. The first-order valence-electron chi connectivity index (χ1n) is 8.98. The van der Waals surface area contributed by atoms with E-state index in [2.05, 4.69) is 10.6 Å². The molecule has 0 saturated heterocycles. The molecule has 144 valence electrons. The number of para-hydroxylation sites is 2. The Bertz CT molecular complexity index is 1230. The van der Waals surface area contributed by atoms with Crippen LogP contribution in [0.4, 0.5) is 15.8 Å². The molecule has 0 bridgehead atoms. The van der Waals surface area contributed by atoms with Crippen molar-refractivity contribution >= 4 is 34.2 Å². The first-order chi connectivity index (χ1) is 14.0. The number of hydrogen-bond donors (Lipinski definition) is 2. The van der Waals surface area contributed by atoms with Crippen LogP contribution in [0.1, 0.15) is 26.5 Å². The molecule has 0 aliphatic rings. The SMILES string of the molecule is Cc1cccc(C(=O)Nc2c(C(=O)Nc3ccccc3F)oc3ccccc23)c1. The summed E-state index contributed by atoms with van der Waals surface area (Å²) in [6.07, 6.45) is 0. The number of hydrogen-bond acceptors (Lipinski definition) is 3. The van der Waals surface area contributed by atoms with Gasteiger partial charge in [0.25, 0.3) is 11.8 Å². The molecule has 2 amide bonds. The molecule has 0 atom stereocenters. The summed E-state index contributed by atoms with van der Waals surface area (Å²) in [4.78, 5) is 25.6. The minimum atomic E-state index is -0.661. The summed E-state index contributed by atoms with van der Waals surface area (Å²) in [5.41, 5.74) is 2.09. The number of carbonyl (C=O) groups excluding carboxylic acids is 2. The highest BCUT2D eigenvalue weighted by Crippen LogP contribution is 2.32. The van der Waals surface area contributed by atoms with E-state index in [1.165, 1.54) is 18.2 Å². The summed E-state index contributed by atoms with van der Waals surface area (Å²) in [6.45, 7) is 1.89. The summed E-state index contributed by atoms with van der Waals surface area (Å²) >= 11 is 0. The number of rotatable bonds is 4. The topological polar surface area (TPSA) is 71.3 Å². The van der Waals surface area contributed by atoms with Crippen LogP contribution in [0.2, 0.25) is 0 Å². The summed E-state index contributed by atoms with van der Waals surface area (Å²) < 4.78 is 19.6. The zero-order valence-electron chi connectivity index (χ0n) is 15.5. The van der Waals surface area contributed by atoms with Gasteiger partial charge in [0.15, 0.2) is 0 Å². The third-order valence-electron chi connectivity index (χ3n) is 4.44. The number of benzene rings is 3. The van der Waals surface area contributed by atoms with Crippen molar-refractivity contribution in [2.24, 2.45) is 0 Å². The first kappa shape index (κ1) is 18.4. The molecule has 2 N–H and O–H groups in total. The maximum atomic E-state index is 13.9. The maximum Gasteiger partial charge on any atom is 0.293 e. The fraction of sp³-hybridized carbons (Fsp3) is 0.0435. The normalized spacial score (nSPS) is 10.7. The van der Waals surface area contributed by atoms with E-state index in [4.69, 9.17) is 4.42 Å². The van der Waals surface area contributed by atoms with Gasteiger partial charge in [0, 0.05) is 10.9 Å². The predicted octanol–water partition coefficient (Wildman–Crippen LogP) is 5.38. The summed E-state index contributed by atoms with van der Waals surface area (Å²) in [5, 5.41) is 5.84. The van der Waals surface area contributed by atoms with E-state index < -0.39 is 11.7 Å². The Hall–Kier alpha value is -3.93. The average molecular weight is 388 g/mol. The quantitative estimate of drug-likeness (QED) is 0.493. The van der Waals surface area contributed by atoms with Crippen molar-refractivity contribution in [3.8, 4) is 0 Å². The van der Waals surface area contributed by atoms with Gasteiger partial charge < -0.3 is 15.1 Å². The molecule has 3 aromatic carbocycles. The van der Waals surface area contributed by atoms with E-state index in [0.29, 0.717) is 16.5 Å². The van der Waals surface area contributed by atoms with E-state index in [1.54, 1.807) is 48.5 Å². The summed E-state index contributed by atoms with van der Waals surface area (Å²) in [7, 11) is 0. The fourth-order valence-electron chi connectivity index (χ4n) is 3.04. The van der Waals surface area contributed by atoms with E-state index in [1.807, 2.05) is 13.0 Å². The minimum Gasteiger partial charge on any atom is -0.449 e. The van der Waals surface area contributed by atoms with Gasteiger partial charge in [0.05, 0.1) is 5.69 Å². The second-order valence-electron chi connectivity index (χ2n) is 6.56. The molecular weight excluding hydrogens is 371 g/mol. The van der Waals surface area contributed by atoms with E-state index in [-0.39, 0.29) is 23.0 Å². The number of fused-ring (bicyclic) bond motifs is 1. The second-order valence-corrected chi connectivity index (χ2v) is 6.56. The highest BCUT2D eigenvalue weighted by Gasteiger charge is 2.23. The van der Waals surface area contributed by atoms with Gasteiger partial charge in [0.1, 0.15) is 17.1 Å². The summed E-state index contributed by atoms with van der Waals surface area (Å²) in [5.74, 6) is -1.70. The van der Waals surface area contributed by atoms with Crippen molar-refractivity contribution < 1.29 is 18.4 Å². The van der Waals surface area contributed by atoms with Crippen LogP contribution in [0.15, 0.2) is 77.2 Å². The van der Waals surface area contributed by atoms with E-state index >= 15 is 0 Å². The second kappa shape index (κ2) is 7.59. The third kappa shape index (κ3) is 3.73. The molecule has 0 unspecified atom stereocenters. The molecule has 1 heterocycles. The van der Waals surface area contributed by atoms with Crippen molar-refractivity contribution in [1.29, 1.82) is 0 Å². The van der Waals surface area contributed by atoms with Crippen LogP contribution in [-0.4, -0.2) is 11.8 Å². The van der Waals surface area contributed by atoms with Gasteiger partial charge in [-0.05, 0) is 43.3 Å². The Morgan fingerprint density at radius 2 is 1.62 bits per heavy atom. The van der Waals surface area contributed by atoms with Crippen LogP contribution in [0.25, 0.3) is 11.0 Å². The lowest BCUT2D eigenvalue weighted by molar-refractivity contribution is 0.0999. The van der Waals surface area contributed by atoms with Gasteiger partial charge in [-0.25, -0.2) is 4.39 Å². The molecule has 0 spiro atoms. The van der Waals surface area contributed by atoms with Gasteiger partial charge in [-0.15, -0.1) is 0 Å². The molecule has 0 radical (unpaired) electrons. The maximum absolute atomic E-state index is 13.9. The van der Waals surface area contributed by atoms with Crippen molar-refractivity contribution in [3.63, 3.8) is 0 Å². The molecule has 5 nitrogen and oxygen atoms in total. The van der Waals surface area contributed by atoms with Gasteiger partial charge in [-0.1, -0.05) is 42.0 Å². The van der Waals surface area contributed by atoms with Crippen LogP contribution in [-0.2, 0) is 0 Å². The highest BCUT2D eigenvalue weighted by atomic mass is 19.1. The number of furan rings is 1. The number of anilines is 2. The molecule has 4 rings (SSSR count). The smallest absolute Gasteiger partial charge is 0.293 e. The van der Waals surface area contributed by atoms with Gasteiger partial charge in [0.2, 0.25) is 5.76 Å². The fourth-order valence-corrected chi connectivity index (χ4v) is 3.04. The molecule has 4 aromatic rings. The lowest BCUT2D eigenvalue weighted by atomic mass is 10.1. The van der Waals surface area contributed by atoms with Crippen LogP contribution in [0.5, 0.6) is 0 Å². The molecule has 6 heteroatoms. The standard InChI is InChI=1S/C23H17FN2O3/c1-14-7-6-8-15(13-14)22(27)26-20-16-9-2-5-12-19(16)29-21(20)23(28)25-18-11-4-3-10-17(18)24/h2-13H,1H3,(H,25,28)(H,26,27). The van der Waals surface area contributed by atoms with Crippen LogP contribution < -0.4 is 10.6 Å². The lowest BCUT2D eigenvalue weighted by Gasteiger charge is -2.08. The largest absolute Gasteiger partial charge is 0.449 e. The number of nitrogens with one attached hydrogen (secondary N) is 2. The predicted molar refractivity (Wildman–Crippen MR) is 110 cm³/mol. The zero-order chi connectivity index (χ0) is 20.4. The molecule has 1 aromatic heterocycles. The Morgan fingerprint density at radius 3 is 2.41 bits per heavy atom. The molecule has 0 fully saturated rings. The number of carbonyl (C=O) groups is 2. The Morgan fingerprint density at radius 1 is 0.862 bits per heavy atom. The number of halogens is 1. The van der Waals surface area contributed by atoms with Gasteiger partial charge >= 0.3 is 0 Å². The Kier molecular flexibility index (Phi) is 4.83. The molecule has 0 aliphatic carbocycles. The van der Waals surface area contributed by atoms with Crippen LogP contribution in [0.3, 0.4) is 0 Å². The van der Waals surface area contributed by atoms with Crippen LogP contribution in [0, 0.1) is 12.7 Å². The van der Waals surface area contributed by atoms with E-state index in [9.17, 15) is 14.0 Å². The number of amides is 2. The van der Waals surface area contributed by atoms with Gasteiger partial charge in [-0.3, -0.25) is 9.59 Å². The van der Waals surface area contributed by atoms with Crippen molar-refractivity contribution in [1.82, 2.24) is 0 Å². The summed E-state index contributed by atoms with van der Waals surface area (Å²) in [6, 6.07) is 19.9. The Balaban J connectivity index is 1.72. The lowest BCUT2D eigenvalue weighted by Crippen LogP contribution is -2.17. The molecular formula is C23H17FN2O3. The average Bonchev–Trinajstić information content (AvgIpc) is 3.08. The Labute approximate surface area is 166 Å². The third-order valence-corrected chi connectivity index (χ3v) is 4.44. The first-order valence-corrected chi connectivity index (χ1v) is 8.98. The highest BCUT2D eigenvalue weighted by molar-refractivity contribution is 6.16. The van der Waals surface area contributed by atoms with Crippen molar-refractivity contribution in [2.75, 3.05) is 10.6 Å². The van der Waals surface area contributed by atoms with Crippen LogP contribution >= 0.6 is 0 Å².